The lowest BCUT2D eigenvalue weighted by Crippen LogP contribution is -2.30. The van der Waals surface area contributed by atoms with Gasteiger partial charge in [-0.1, -0.05) is 24.3 Å². The van der Waals surface area contributed by atoms with Crippen LogP contribution in [0.25, 0.3) is 10.8 Å². The second-order valence-electron chi connectivity index (χ2n) is 6.41. The zero-order chi connectivity index (χ0) is 18.0. The first-order valence-electron chi connectivity index (χ1n) is 8.37. The minimum absolute atomic E-state index is 0.185. The number of benzene rings is 2. The Bertz CT molecular complexity index is 896. The molecule has 2 aromatic rings. The van der Waals surface area contributed by atoms with Crippen molar-refractivity contribution in [1.29, 1.82) is 0 Å². The number of amides is 1. The van der Waals surface area contributed by atoms with E-state index >= 15 is 0 Å². The number of anilines is 1. The van der Waals surface area contributed by atoms with Gasteiger partial charge in [0.15, 0.2) is 0 Å². The lowest BCUT2D eigenvalue weighted by molar-refractivity contribution is -0.114. The van der Waals surface area contributed by atoms with Crippen LogP contribution in [0, 0.1) is 5.92 Å². The molecule has 0 radical (unpaired) electrons. The van der Waals surface area contributed by atoms with Gasteiger partial charge in [0, 0.05) is 36.5 Å². The molecule has 0 bridgehead atoms. The molecule has 25 heavy (non-hydrogen) atoms. The molecule has 1 fully saturated rings. The van der Waals surface area contributed by atoms with Gasteiger partial charge < -0.3 is 10.6 Å². The average molecular weight is 361 g/mol. The largest absolute Gasteiger partial charge is 0.326 e. The molecule has 0 aromatic heterocycles. The molecular weight excluding hydrogens is 338 g/mol. The molecule has 0 saturated carbocycles. The molecule has 6 nitrogen and oxygen atoms in total. The highest BCUT2D eigenvalue weighted by Crippen LogP contribution is 2.33. The van der Waals surface area contributed by atoms with E-state index in [0.717, 1.165) is 18.4 Å². The Labute approximate surface area is 148 Å². The topological polar surface area (TPSA) is 78.5 Å². The number of rotatable bonds is 5. The number of nitrogens with one attached hydrogen (secondary N) is 2. The van der Waals surface area contributed by atoms with Crippen LogP contribution in [-0.2, 0) is 14.8 Å². The second-order valence-corrected chi connectivity index (χ2v) is 8.32. The highest BCUT2D eigenvalue weighted by Gasteiger charge is 2.33. The summed E-state index contributed by atoms with van der Waals surface area (Å²) in [4.78, 5) is 11.7. The summed E-state index contributed by atoms with van der Waals surface area (Å²) in [5.41, 5.74) is 0.622. The summed E-state index contributed by atoms with van der Waals surface area (Å²) in [6, 6.07) is 10.5. The van der Waals surface area contributed by atoms with Gasteiger partial charge in [0.1, 0.15) is 0 Å². The van der Waals surface area contributed by atoms with Crippen LogP contribution in [0.4, 0.5) is 5.69 Å². The van der Waals surface area contributed by atoms with Gasteiger partial charge in [-0.2, -0.15) is 4.31 Å². The predicted molar refractivity (Wildman–Crippen MR) is 99.0 cm³/mol. The van der Waals surface area contributed by atoms with E-state index in [9.17, 15) is 13.2 Å². The number of sulfonamides is 1. The van der Waals surface area contributed by atoms with Crippen molar-refractivity contribution in [3.05, 3.63) is 36.4 Å². The minimum atomic E-state index is -3.57. The molecule has 134 valence electrons. The van der Waals surface area contributed by atoms with Crippen molar-refractivity contribution >= 4 is 32.4 Å². The summed E-state index contributed by atoms with van der Waals surface area (Å²) < 4.78 is 27.9. The van der Waals surface area contributed by atoms with Gasteiger partial charge in [-0.05, 0) is 38.1 Å². The van der Waals surface area contributed by atoms with E-state index in [1.54, 1.807) is 22.5 Å². The van der Waals surface area contributed by atoms with Crippen LogP contribution in [0.3, 0.4) is 0 Å². The van der Waals surface area contributed by atoms with Gasteiger partial charge in [0.05, 0.1) is 4.90 Å². The maximum Gasteiger partial charge on any atom is 0.243 e. The summed E-state index contributed by atoms with van der Waals surface area (Å²) in [7, 11) is -1.69. The number of carbonyl (C=O) groups excluding carboxylic acids is 1. The fraction of sp³-hybridized carbons (Fsp3) is 0.389. The first kappa shape index (κ1) is 17.8. The molecule has 3 rings (SSSR count). The van der Waals surface area contributed by atoms with Crippen LogP contribution in [0.2, 0.25) is 0 Å². The van der Waals surface area contributed by atoms with Crippen molar-refractivity contribution in [1.82, 2.24) is 9.62 Å². The highest BCUT2D eigenvalue weighted by molar-refractivity contribution is 7.89. The monoisotopic (exact) mass is 361 g/mol. The molecule has 2 aromatic carbocycles. The molecule has 1 amide bonds. The number of nitrogens with zero attached hydrogens (tertiary/aromatic N) is 1. The Morgan fingerprint density at radius 1 is 1.20 bits per heavy atom. The molecule has 1 heterocycles. The maximum atomic E-state index is 13.1. The summed E-state index contributed by atoms with van der Waals surface area (Å²) in [5, 5.41) is 7.24. The Kier molecular flexibility index (Phi) is 5.08. The molecule has 2 N–H and O–H groups in total. The van der Waals surface area contributed by atoms with Crippen LogP contribution in [-0.4, -0.2) is 45.3 Å². The van der Waals surface area contributed by atoms with E-state index in [1.807, 2.05) is 25.2 Å². The molecule has 1 saturated heterocycles. The van der Waals surface area contributed by atoms with Gasteiger partial charge in [-0.25, -0.2) is 8.42 Å². The van der Waals surface area contributed by atoms with E-state index in [-0.39, 0.29) is 5.91 Å². The van der Waals surface area contributed by atoms with Crippen molar-refractivity contribution in [2.45, 2.75) is 18.2 Å². The van der Waals surface area contributed by atoms with Gasteiger partial charge in [0.2, 0.25) is 15.9 Å². The number of fused-ring (bicyclic) bond motifs is 1. The quantitative estimate of drug-likeness (QED) is 0.854. The first-order valence-corrected chi connectivity index (χ1v) is 9.81. The Hall–Kier alpha value is -1.96. The van der Waals surface area contributed by atoms with Crippen LogP contribution in [0.1, 0.15) is 13.3 Å². The van der Waals surface area contributed by atoms with Crippen molar-refractivity contribution < 1.29 is 13.2 Å². The van der Waals surface area contributed by atoms with Crippen molar-refractivity contribution in [3.8, 4) is 0 Å². The number of carbonyl (C=O) groups is 1. The Balaban J connectivity index is 2.02. The fourth-order valence-electron chi connectivity index (χ4n) is 3.40. The molecule has 0 aliphatic carbocycles. The molecule has 7 heteroatoms. The van der Waals surface area contributed by atoms with Crippen LogP contribution < -0.4 is 10.6 Å². The SMILES string of the molecule is CNCC1CCN(S(=O)(=O)c2ccc(NC(C)=O)c3ccccc23)C1. The van der Waals surface area contributed by atoms with E-state index in [4.69, 9.17) is 0 Å². The smallest absolute Gasteiger partial charge is 0.243 e. The lowest BCUT2D eigenvalue weighted by atomic mass is 10.1. The molecule has 0 spiro atoms. The average Bonchev–Trinajstić information content (AvgIpc) is 3.04. The van der Waals surface area contributed by atoms with Crippen LogP contribution in [0.5, 0.6) is 0 Å². The van der Waals surface area contributed by atoms with Crippen molar-refractivity contribution in [3.63, 3.8) is 0 Å². The Morgan fingerprint density at radius 2 is 1.92 bits per heavy atom. The van der Waals surface area contributed by atoms with Crippen LogP contribution >= 0.6 is 0 Å². The van der Waals surface area contributed by atoms with E-state index in [2.05, 4.69) is 10.6 Å². The van der Waals surface area contributed by atoms with Gasteiger partial charge in [0.25, 0.3) is 0 Å². The number of hydrogen-bond acceptors (Lipinski definition) is 4. The number of hydrogen-bond donors (Lipinski definition) is 2. The molecule has 1 unspecified atom stereocenters. The van der Waals surface area contributed by atoms with Gasteiger partial charge in [-0.15, -0.1) is 0 Å². The van der Waals surface area contributed by atoms with Crippen LogP contribution in [0.15, 0.2) is 41.3 Å². The summed E-state index contributed by atoms with van der Waals surface area (Å²) in [6.07, 6.45) is 0.863. The predicted octanol–water partition coefficient (Wildman–Crippen LogP) is 2.03. The second kappa shape index (κ2) is 7.11. The summed E-state index contributed by atoms with van der Waals surface area (Å²) in [6.45, 7) is 3.32. The Morgan fingerprint density at radius 3 is 2.60 bits per heavy atom. The van der Waals surface area contributed by atoms with E-state index in [1.165, 1.54) is 6.92 Å². The van der Waals surface area contributed by atoms with Crippen molar-refractivity contribution in [2.75, 3.05) is 32.0 Å². The van der Waals surface area contributed by atoms with E-state index < -0.39 is 10.0 Å². The van der Waals surface area contributed by atoms with Gasteiger partial charge >= 0.3 is 0 Å². The minimum Gasteiger partial charge on any atom is -0.326 e. The van der Waals surface area contributed by atoms with E-state index in [0.29, 0.717) is 35.0 Å². The summed E-state index contributed by atoms with van der Waals surface area (Å²) in [5.74, 6) is 0.153. The third kappa shape index (κ3) is 3.53. The molecule has 1 aliphatic heterocycles. The highest BCUT2D eigenvalue weighted by atomic mass is 32.2. The fourth-order valence-corrected chi connectivity index (χ4v) is 5.13. The lowest BCUT2D eigenvalue weighted by Gasteiger charge is -2.19. The standard InChI is InChI=1S/C18H23N3O3S/c1-13(22)20-17-7-8-18(16-6-4-3-5-15(16)17)25(23,24)21-10-9-14(12-21)11-19-2/h3-8,14,19H,9-12H2,1-2H3,(H,20,22). The third-order valence-corrected chi connectivity index (χ3v) is 6.48. The normalized spacial score (nSPS) is 18.6. The molecule has 1 aliphatic rings. The van der Waals surface area contributed by atoms with Crippen molar-refractivity contribution in [2.24, 2.45) is 5.92 Å². The zero-order valence-electron chi connectivity index (χ0n) is 14.5. The van der Waals surface area contributed by atoms with Gasteiger partial charge in [-0.3, -0.25) is 4.79 Å². The third-order valence-electron chi connectivity index (χ3n) is 4.55. The molecule has 1 atom stereocenters. The molecular formula is C18H23N3O3S. The maximum absolute atomic E-state index is 13.1. The zero-order valence-corrected chi connectivity index (χ0v) is 15.3. The summed E-state index contributed by atoms with van der Waals surface area (Å²) >= 11 is 0. The first-order chi connectivity index (χ1) is 11.9.